The van der Waals surface area contributed by atoms with Crippen molar-refractivity contribution in [3.05, 3.63) is 78.4 Å². The van der Waals surface area contributed by atoms with Gasteiger partial charge < -0.3 is 19.5 Å². The van der Waals surface area contributed by atoms with Crippen LogP contribution in [0.3, 0.4) is 0 Å². The fourth-order valence-corrected chi connectivity index (χ4v) is 4.83. The van der Waals surface area contributed by atoms with Gasteiger partial charge in [0.25, 0.3) is 0 Å². The highest BCUT2D eigenvalue weighted by Gasteiger charge is 2.35. The lowest BCUT2D eigenvalue weighted by Gasteiger charge is -2.32. The number of benzene rings is 3. The van der Waals surface area contributed by atoms with Crippen molar-refractivity contribution < 1.29 is 23.8 Å². The number of rotatable bonds is 10. The summed E-state index contributed by atoms with van der Waals surface area (Å²) in [6, 6.07) is 20.7. The number of nitrogens with zero attached hydrogens (tertiary/aromatic N) is 4. The number of aromatic nitrogens is 3. The van der Waals surface area contributed by atoms with Crippen LogP contribution in [0.1, 0.15) is 24.4 Å². The fraction of sp³-hybridized carbons (Fsp3) is 0.310. The number of para-hydroxylation sites is 3. The number of anilines is 1. The molecule has 0 aliphatic carbocycles. The molecule has 0 unspecified atom stereocenters. The molecule has 10 nitrogen and oxygen atoms in total. The monoisotopic (exact) mass is 529 g/mol. The SMILES string of the molecule is COc1cccc([C@H](C(=O)NC[C@H]2CCCO2)N(C(=O)Cn2nnc3ccccc32)c2ccccc2OC)c1. The molecule has 1 fully saturated rings. The molecule has 1 N–H and O–H groups in total. The fourth-order valence-electron chi connectivity index (χ4n) is 4.83. The van der Waals surface area contributed by atoms with Crippen LogP contribution in [-0.2, 0) is 20.9 Å². The first-order chi connectivity index (χ1) is 19.1. The molecule has 1 aliphatic rings. The second-order valence-corrected chi connectivity index (χ2v) is 9.23. The summed E-state index contributed by atoms with van der Waals surface area (Å²) >= 11 is 0. The zero-order valence-corrected chi connectivity index (χ0v) is 21.9. The van der Waals surface area contributed by atoms with Gasteiger partial charge in [-0.2, -0.15) is 0 Å². The third kappa shape index (κ3) is 5.70. The molecule has 2 amide bonds. The highest BCUT2D eigenvalue weighted by molar-refractivity contribution is 6.02. The second-order valence-electron chi connectivity index (χ2n) is 9.23. The third-order valence-electron chi connectivity index (χ3n) is 6.76. The van der Waals surface area contributed by atoms with E-state index in [1.807, 2.05) is 30.3 Å². The van der Waals surface area contributed by atoms with Crippen molar-refractivity contribution >= 4 is 28.5 Å². The lowest BCUT2D eigenvalue weighted by molar-refractivity contribution is -0.127. The molecule has 1 aliphatic heterocycles. The number of methoxy groups -OCH3 is 2. The Kier molecular flexibility index (Phi) is 8.02. The van der Waals surface area contributed by atoms with Gasteiger partial charge in [-0.15, -0.1) is 5.10 Å². The van der Waals surface area contributed by atoms with Gasteiger partial charge in [-0.05, 0) is 54.8 Å². The van der Waals surface area contributed by atoms with E-state index in [0.29, 0.717) is 46.9 Å². The number of ether oxygens (including phenoxy) is 3. The van der Waals surface area contributed by atoms with Gasteiger partial charge in [-0.3, -0.25) is 14.5 Å². The van der Waals surface area contributed by atoms with Crippen LogP contribution in [0.15, 0.2) is 72.8 Å². The van der Waals surface area contributed by atoms with Gasteiger partial charge >= 0.3 is 0 Å². The van der Waals surface area contributed by atoms with E-state index >= 15 is 0 Å². The van der Waals surface area contributed by atoms with Gasteiger partial charge in [-0.25, -0.2) is 4.68 Å². The van der Waals surface area contributed by atoms with E-state index in [-0.39, 0.29) is 24.5 Å². The first-order valence-corrected chi connectivity index (χ1v) is 12.9. The minimum Gasteiger partial charge on any atom is -0.497 e. The molecular formula is C29H31N5O5. The highest BCUT2D eigenvalue weighted by Crippen LogP contribution is 2.36. The molecule has 0 bridgehead atoms. The largest absolute Gasteiger partial charge is 0.497 e. The smallest absolute Gasteiger partial charge is 0.249 e. The Morgan fingerprint density at radius 1 is 1.08 bits per heavy atom. The predicted octanol–water partition coefficient (Wildman–Crippen LogP) is 3.52. The lowest BCUT2D eigenvalue weighted by atomic mass is 10.0. The molecule has 1 saturated heterocycles. The van der Waals surface area contributed by atoms with Crippen molar-refractivity contribution in [3.63, 3.8) is 0 Å². The molecule has 3 aromatic carbocycles. The maximum Gasteiger partial charge on any atom is 0.249 e. The minimum atomic E-state index is -1.03. The van der Waals surface area contributed by atoms with E-state index in [1.165, 1.54) is 16.7 Å². The molecule has 0 saturated carbocycles. The summed E-state index contributed by atoms with van der Waals surface area (Å²) in [6.45, 7) is 0.885. The Labute approximate surface area is 226 Å². The third-order valence-corrected chi connectivity index (χ3v) is 6.76. The Balaban J connectivity index is 1.58. The van der Waals surface area contributed by atoms with Crippen molar-refractivity contribution in [2.45, 2.75) is 31.5 Å². The number of hydrogen-bond acceptors (Lipinski definition) is 7. The molecule has 5 rings (SSSR count). The zero-order valence-electron chi connectivity index (χ0n) is 21.9. The van der Waals surface area contributed by atoms with E-state index in [9.17, 15) is 9.59 Å². The van der Waals surface area contributed by atoms with Crippen LogP contribution in [-0.4, -0.2) is 60.3 Å². The van der Waals surface area contributed by atoms with Crippen LogP contribution in [0.2, 0.25) is 0 Å². The molecule has 2 atom stereocenters. The molecule has 0 spiro atoms. The van der Waals surface area contributed by atoms with Crippen LogP contribution in [0, 0.1) is 0 Å². The number of carbonyl (C=O) groups excluding carboxylic acids is 2. The summed E-state index contributed by atoms with van der Waals surface area (Å²) in [7, 11) is 3.09. The Morgan fingerprint density at radius 2 is 1.90 bits per heavy atom. The first kappa shape index (κ1) is 26.2. The van der Waals surface area contributed by atoms with Crippen LogP contribution >= 0.6 is 0 Å². The lowest BCUT2D eigenvalue weighted by Crippen LogP contribution is -2.46. The van der Waals surface area contributed by atoms with Crippen molar-refractivity contribution in [2.75, 3.05) is 32.3 Å². The van der Waals surface area contributed by atoms with Gasteiger partial charge in [0.05, 0.1) is 31.5 Å². The number of carbonyl (C=O) groups is 2. The number of nitrogens with one attached hydrogen (secondary N) is 1. The zero-order chi connectivity index (χ0) is 27.2. The average molecular weight is 530 g/mol. The van der Waals surface area contributed by atoms with Gasteiger partial charge in [0.1, 0.15) is 29.6 Å². The number of amides is 2. The van der Waals surface area contributed by atoms with Gasteiger partial charge in [0, 0.05) is 13.2 Å². The average Bonchev–Trinajstić information content (AvgIpc) is 3.65. The van der Waals surface area contributed by atoms with Crippen molar-refractivity contribution in [3.8, 4) is 11.5 Å². The van der Waals surface area contributed by atoms with E-state index in [1.54, 1.807) is 49.6 Å². The van der Waals surface area contributed by atoms with E-state index in [0.717, 1.165) is 12.8 Å². The van der Waals surface area contributed by atoms with Gasteiger partial charge in [-0.1, -0.05) is 41.6 Å². The molecule has 39 heavy (non-hydrogen) atoms. The number of hydrogen-bond donors (Lipinski definition) is 1. The molecule has 4 aromatic rings. The number of fused-ring (bicyclic) bond motifs is 1. The second kappa shape index (κ2) is 12.0. The van der Waals surface area contributed by atoms with Gasteiger partial charge in [0.2, 0.25) is 11.8 Å². The van der Waals surface area contributed by atoms with E-state index in [2.05, 4.69) is 15.6 Å². The minimum absolute atomic E-state index is 0.0585. The summed E-state index contributed by atoms with van der Waals surface area (Å²) in [5, 5.41) is 11.4. The van der Waals surface area contributed by atoms with Crippen LogP contribution in [0.5, 0.6) is 11.5 Å². The Bertz CT molecular complexity index is 1450. The van der Waals surface area contributed by atoms with Crippen molar-refractivity contribution in [1.82, 2.24) is 20.3 Å². The molecule has 202 valence electrons. The molecular weight excluding hydrogens is 498 g/mol. The molecule has 10 heteroatoms. The molecule has 1 aromatic heterocycles. The summed E-state index contributed by atoms with van der Waals surface area (Å²) in [5.41, 5.74) is 2.43. The Hall–Kier alpha value is -4.44. The molecule has 2 heterocycles. The first-order valence-electron chi connectivity index (χ1n) is 12.9. The van der Waals surface area contributed by atoms with Crippen molar-refractivity contribution in [2.24, 2.45) is 0 Å². The van der Waals surface area contributed by atoms with Crippen LogP contribution < -0.4 is 19.7 Å². The van der Waals surface area contributed by atoms with Crippen molar-refractivity contribution in [1.29, 1.82) is 0 Å². The van der Waals surface area contributed by atoms with E-state index in [4.69, 9.17) is 14.2 Å². The van der Waals surface area contributed by atoms with E-state index < -0.39 is 6.04 Å². The van der Waals surface area contributed by atoms with Gasteiger partial charge in [0.15, 0.2) is 0 Å². The quantitative estimate of drug-likeness (QED) is 0.335. The summed E-state index contributed by atoms with van der Waals surface area (Å²) in [6.07, 6.45) is 1.77. The maximum absolute atomic E-state index is 14.2. The maximum atomic E-state index is 14.2. The predicted molar refractivity (Wildman–Crippen MR) is 146 cm³/mol. The summed E-state index contributed by atoms with van der Waals surface area (Å²) in [4.78, 5) is 29.6. The van der Waals surface area contributed by atoms with Crippen LogP contribution in [0.25, 0.3) is 11.0 Å². The van der Waals surface area contributed by atoms with Crippen LogP contribution in [0.4, 0.5) is 5.69 Å². The Morgan fingerprint density at radius 3 is 2.69 bits per heavy atom. The standard InChI is InChI=1S/C29H31N5O5/c1-37-21-10-7-9-20(17-21)28(29(36)30-18-22-11-8-16-39-22)34(25-14-5-6-15-26(25)38-2)27(35)19-33-24-13-4-3-12-23(24)31-32-33/h3-7,9-10,12-15,17,22,28H,8,11,16,18-19H2,1-2H3,(H,30,36)/t22-,28-/m1/s1. The molecule has 0 radical (unpaired) electrons. The summed E-state index contributed by atoms with van der Waals surface area (Å²) in [5.74, 6) is 0.310. The summed E-state index contributed by atoms with van der Waals surface area (Å²) < 4.78 is 18.3. The normalized spacial score (nSPS) is 15.6. The topological polar surface area (TPSA) is 108 Å². The highest BCUT2D eigenvalue weighted by atomic mass is 16.5.